The number of carbonyl (C=O) groups is 3. The molecule has 4 aliphatic rings. The smallest absolute Gasteiger partial charge is 0.303 e. The van der Waals surface area contributed by atoms with Crippen molar-refractivity contribution in [2.45, 2.75) is 123 Å². The summed E-state index contributed by atoms with van der Waals surface area (Å²) in [5.41, 5.74) is -2.21. The third-order valence-electron chi connectivity index (χ3n) is 10.3. The fourth-order valence-electron chi connectivity index (χ4n) is 7.94. The SMILES string of the molecule is CC(=O)OC(CCC(C)C)C(C)[C@]1(O)CC[C@@]2(O1)C1CCC3=CC(=O)C=C[C@]3(C)C1C[C@H](OC(C)=O)[C@]2(C)O. The first-order valence-corrected chi connectivity index (χ1v) is 14.5. The van der Waals surface area contributed by atoms with Crippen LogP contribution in [0.5, 0.6) is 0 Å². The number of ether oxygens (including phenoxy) is 3. The van der Waals surface area contributed by atoms with Crippen LogP contribution in [0, 0.1) is 29.1 Å². The predicted octanol–water partition coefficient (Wildman–Crippen LogP) is 4.41. The lowest BCUT2D eigenvalue weighted by Gasteiger charge is -2.62. The summed E-state index contributed by atoms with van der Waals surface area (Å²) in [6.07, 6.45) is 7.60. The van der Waals surface area contributed by atoms with Gasteiger partial charge in [0.25, 0.3) is 0 Å². The lowest BCUT2D eigenvalue weighted by Crippen LogP contribution is -2.71. The van der Waals surface area contributed by atoms with E-state index in [1.54, 1.807) is 19.1 Å². The van der Waals surface area contributed by atoms with Crippen LogP contribution in [0.3, 0.4) is 0 Å². The fourth-order valence-corrected chi connectivity index (χ4v) is 7.94. The number of esters is 2. The van der Waals surface area contributed by atoms with E-state index in [0.717, 1.165) is 12.0 Å². The van der Waals surface area contributed by atoms with E-state index in [9.17, 15) is 24.6 Å². The van der Waals surface area contributed by atoms with E-state index in [-0.39, 0.29) is 24.0 Å². The Morgan fingerprint density at radius 1 is 1.08 bits per heavy atom. The molecule has 0 bridgehead atoms. The minimum Gasteiger partial charge on any atom is -0.462 e. The Kier molecular flexibility index (Phi) is 8.00. The van der Waals surface area contributed by atoms with E-state index in [1.165, 1.54) is 13.8 Å². The second kappa shape index (κ2) is 10.4. The monoisotopic (exact) mass is 546 g/mol. The quantitative estimate of drug-likeness (QED) is 0.451. The summed E-state index contributed by atoms with van der Waals surface area (Å²) in [7, 11) is 0. The average Bonchev–Trinajstić information content (AvgIpc) is 3.20. The second-order valence-corrected chi connectivity index (χ2v) is 13.2. The Morgan fingerprint density at radius 2 is 1.77 bits per heavy atom. The molecule has 0 radical (unpaired) electrons. The van der Waals surface area contributed by atoms with E-state index < -0.39 is 52.5 Å². The van der Waals surface area contributed by atoms with Gasteiger partial charge in [-0.2, -0.15) is 0 Å². The summed E-state index contributed by atoms with van der Waals surface area (Å²) in [5.74, 6) is -3.00. The molecular formula is C31H46O8. The van der Waals surface area contributed by atoms with Crippen molar-refractivity contribution in [3.8, 4) is 0 Å². The van der Waals surface area contributed by atoms with Gasteiger partial charge in [-0.3, -0.25) is 14.4 Å². The number of allylic oxidation sites excluding steroid dienone is 4. The lowest BCUT2D eigenvalue weighted by atomic mass is 9.47. The Labute approximate surface area is 232 Å². The molecule has 0 aromatic heterocycles. The summed E-state index contributed by atoms with van der Waals surface area (Å²) in [4.78, 5) is 36.4. The molecule has 0 aromatic rings. The number of fused-ring (bicyclic) bond motifs is 4. The van der Waals surface area contributed by atoms with Crippen molar-refractivity contribution in [3.05, 3.63) is 23.8 Å². The van der Waals surface area contributed by atoms with Crippen molar-refractivity contribution in [2.24, 2.45) is 29.1 Å². The highest BCUT2D eigenvalue weighted by molar-refractivity contribution is 6.01. The maximum atomic E-state index is 12.2. The molecule has 218 valence electrons. The highest BCUT2D eigenvalue weighted by Gasteiger charge is 2.71. The van der Waals surface area contributed by atoms with Crippen molar-refractivity contribution in [3.63, 3.8) is 0 Å². The second-order valence-electron chi connectivity index (χ2n) is 13.2. The molecule has 1 heterocycles. The van der Waals surface area contributed by atoms with Crippen molar-refractivity contribution in [1.82, 2.24) is 0 Å². The predicted molar refractivity (Wildman–Crippen MR) is 144 cm³/mol. The molecule has 0 aromatic carbocycles. The Morgan fingerprint density at radius 3 is 2.38 bits per heavy atom. The first-order valence-electron chi connectivity index (χ1n) is 14.5. The van der Waals surface area contributed by atoms with Crippen LogP contribution in [-0.2, 0) is 28.6 Å². The molecule has 39 heavy (non-hydrogen) atoms. The molecule has 9 atom stereocenters. The average molecular weight is 547 g/mol. The van der Waals surface area contributed by atoms with Crippen LogP contribution in [-0.4, -0.2) is 57.1 Å². The molecular weight excluding hydrogens is 500 g/mol. The van der Waals surface area contributed by atoms with Crippen molar-refractivity contribution < 1.29 is 38.8 Å². The Balaban J connectivity index is 1.74. The number of ketones is 1. The van der Waals surface area contributed by atoms with Crippen LogP contribution in [0.1, 0.15) is 93.4 Å². The summed E-state index contributed by atoms with van der Waals surface area (Å²) < 4.78 is 18.2. The largest absolute Gasteiger partial charge is 0.462 e. The van der Waals surface area contributed by atoms with Gasteiger partial charge >= 0.3 is 11.9 Å². The maximum Gasteiger partial charge on any atom is 0.303 e. The first kappa shape index (κ1) is 29.9. The minimum absolute atomic E-state index is 0.0341. The van der Waals surface area contributed by atoms with E-state index in [1.807, 2.05) is 13.0 Å². The summed E-state index contributed by atoms with van der Waals surface area (Å²) in [6.45, 7) is 12.5. The van der Waals surface area contributed by atoms with Gasteiger partial charge in [0.15, 0.2) is 11.6 Å². The van der Waals surface area contributed by atoms with E-state index >= 15 is 0 Å². The minimum atomic E-state index is -1.65. The zero-order valence-corrected chi connectivity index (χ0v) is 24.5. The molecule has 0 amide bonds. The zero-order chi connectivity index (χ0) is 29.0. The van der Waals surface area contributed by atoms with Crippen molar-refractivity contribution in [1.29, 1.82) is 0 Å². The Bertz CT molecular complexity index is 1060. The van der Waals surface area contributed by atoms with Crippen LogP contribution in [0.25, 0.3) is 0 Å². The molecule has 4 unspecified atom stereocenters. The highest BCUT2D eigenvalue weighted by atomic mass is 16.7. The molecule has 1 aliphatic heterocycles. The van der Waals surface area contributed by atoms with E-state index in [4.69, 9.17) is 14.2 Å². The van der Waals surface area contributed by atoms with Gasteiger partial charge in [-0.05, 0) is 75.4 Å². The molecule has 8 nitrogen and oxygen atoms in total. The van der Waals surface area contributed by atoms with Crippen LogP contribution >= 0.6 is 0 Å². The van der Waals surface area contributed by atoms with E-state index in [2.05, 4.69) is 20.8 Å². The van der Waals surface area contributed by atoms with Gasteiger partial charge in [0.05, 0.1) is 0 Å². The number of rotatable bonds is 7. The number of hydrogen-bond acceptors (Lipinski definition) is 8. The maximum absolute atomic E-state index is 12.2. The van der Waals surface area contributed by atoms with Gasteiger partial charge in [0.1, 0.15) is 23.4 Å². The van der Waals surface area contributed by atoms with Crippen LogP contribution in [0.4, 0.5) is 0 Å². The van der Waals surface area contributed by atoms with Crippen LogP contribution in [0.15, 0.2) is 23.8 Å². The standard InChI is InChI=1S/C31H46O8/c1-18(2)8-11-26(37-20(4)32)19(3)31(36)15-14-30(39-31)24-10-9-22-16-23(34)12-13-28(22,6)25(24)17-27(29(30,7)35)38-21(5)33/h12-13,16,18-19,24-27,35-36H,8-11,14-15,17H2,1-7H3/t19?,24?,25?,26?,27-,28-,29-,30+,31-/m0/s1. The fraction of sp³-hybridized carbons (Fsp3) is 0.774. The molecule has 3 aliphatic carbocycles. The highest BCUT2D eigenvalue weighted by Crippen LogP contribution is 2.65. The third-order valence-corrected chi connectivity index (χ3v) is 10.3. The summed E-state index contributed by atoms with van der Waals surface area (Å²) >= 11 is 0. The third kappa shape index (κ3) is 5.13. The van der Waals surface area contributed by atoms with Gasteiger partial charge < -0.3 is 24.4 Å². The number of hydrogen-bond donors (Lipinski definition) is 2. The van der Waals surface area contributed by atoms with Gasteiger partial charge in [-0.1, -0.05) is 39.3 Å². The first-order chi connectivity index (χ1) is 18.1. The number of aliphatic hydroxyl groups is 2. The van der Waals surface area contributed by atoms with Crippen LogP contribution < -0.4 is 0 Å². The molecule has 8 heteroatoms. The molecule has 1 saturated heterocycles. The van der Waals surface area contributed by atoms with Gasteiger partial charge in [-0.25, -0.2) is 0 Å². The Hall–Kier alpha value is -2.03. The van der Waals surface area contributed by atoms with Crippen molar-refractivity contribution >= 4 is 17.7 Å². The molecule has 2 N–H and O–H groups in total. The van der Waals surface area contributed by atoms with Crippen LogP contribution in [0.2, 0.25) is 0 Å². The summed E-state index contributed by atoms with van der Waals surface area (Å²) in [5, 5.41) is 24.2. The molecule has 4 rings (SSSR count). The van der Waals surface area contributed by atoms with Gasteiger partial charge in [0, 0.05) is 31.6 Å². The number of carbonyl (C=O) groups excluding carboxylic acids is 3. The zero-order valence-electron chi connectivity index (χ0n) is 24.5. The van der Waals surface area contributed by atoms with Gasteiger partial charge in [0.2, 0.25) is 0 Å². The van der Waals surface area contributed by atoms with Gasteiger partial charge in [-0.15, -0.1) is 0 Å². The molecule has 2 saturated carbocycles. The van der Waals surface area contributed by atoms with Crippen molar-refractivity contribution in [2.75, 3.05) is 0 Å². The molecule has 1 spiro atoms. The summed E-state index contributed by atoms with van der Waals surface area (Å²) in [6, 6.07) is 0. The van der Waals surface area contributed by atoms with E-state index in [0.29, 0.717) is 38.0 Å². The lowest BCUT2D eigenvalue weighted by molar-refractivity contribution is -0.340. The topological polar surface area (TPSA) is 119 Å². The molecule has 3 fully saturated rings. The normalized spacial score (nSPS) is 41.0.